The largest absolute Gasteiger partial charge is 0.271 e. The number of nitrogens with two attached hydrogens (primary N) is 1. The maximum Gasteiger partial charge on any atom is 0.0881 e. The molecule has 0 saturated carbocycles. The number of pyridine rings is 1. The number of hydrazine groups is 1. The zero-order valence-corrected chi connectivity index (χ0v) is 10.9. The lowest BCUT2D eigenvalue weighted by Crippen LogP contribution is -2.29. The van der Waals surface area contributed by atoms with Crippen molar-refractivity contribution in [3.8, 4) is 0 Å². The molecule has 2 aromatic rings. The summed E-state index contributed by atoms with van der Waals surface area (Å²) in [5, 5.41) is 0. The average molecular weight is 241 g/mol. The maximum atomic E-state index is 5.69. The zero-order valence-electron chi connectivity index (χ0n) is 10.9. The first kappa shape index (κ1) is 12.7. The number of nitrogens with zero attached hydrogens (tertiary/aromatic N) is 1. The molecule has 0 saturated heterocycles. The van der Waals surface area contributed by atoms with Crippen LogP contribution in [-0.2, 0) is 6.42 Å². The molecule has 0 aliphatic rings. The van der Waals surface area contributed by atoms with Gasteiger partial charge in [-0.25, -0.2) is 5.43 Å². The van der Waals surface area contributed by atoms with Gasteiger partial charge in [-0.2, -0.15) is 0 Å². The molecular formula is C15H19N3. The van der Waals surface area contributed by atoms with Crippen LogP contribution >= 0.6 is 0 Å². The summed E-state index contributed by atoms with van der Waals surface area (Å²) < 4.78 is 0. The minimum Gasteiger partial charge on any atom is -0.271 e. The van der Waals surface area contributed by atoms with Gasteiger partial charge >= 0.3 is 0 Å². The van der Waals surface area contributed by atoms with Gasteiger partial charge in [0.25, 0.3) is 0 Å². The molecule has 0 aliphatic carbocycles. The molecular weight excluding hydrogens is 222 g/mol. The molecule has 1 heterocycles. The van der Waals surface area contributed by atoms with Crippen molar-refractivity contribution in [1.29, 1.82) is 0 Å². The number of aryl methyl sites for hydroxylation is 2. The average Bonchev–Trinajstić information content (AvgIpc) is 2.40. The summed E-state index contributed by atoms with van der Waals surface area (Å²) in [6.45, 7) is 4.20. The number of hydrogen-bond donors (Lipinski definition) is 2. The van der Waals surface area contributed by atoms with Crippen LogP contribution in [0.4, 0.5) is 0 Å². The van der Waals surface area contributed by atoms with Gasteiger partial charge in [-0.15, -0.1) is 0 Å². The van der Waals surface area contributed by atoms with E-state index < -0.39 is 0 Å². The number of benzene rings is 1. The molecule has 0 amide bonds. The van der Waals surface area contributed by atoms with Crippen LogP contribution in [0.1, 0.15) is 35.3 Å². The van der Waals surface area contributed by atoms with E-state index in [9.17, 15) is 0 Å². The second-order valence-electron chi connectivity index (χ2n) is 4.46. The monoisotopic (exact) mass is 241 g/mol. The Morgan fingerprint density at radius 1 is 1.28 bits per heavy atom. The normalized spacial score (nSPS) is 12.4. The van der Waals surface area contributed by atoms with Gasteiger partial charge in [-0.3, -0.25) is 10.8 Å². The van der Waals surface area contributed by atoms with Gasteiger partial charge in [-0.05, 0) is 42.2 Å². The van der Waals surface area contributed by atoms with E-state index in [0.717, 1.165) is 17.7 Å². The maximum absolute atomic E-state index is 5.69. The second-order valence-corrected chi connectivity index (χ2v) is 4.46. The third-order valence-electron chi connectivity index (χ3n) is 3.09. The Bertz CT molecular complexity index is 523. The number of rotatable bonds is 4. The van der Waals surface area contributed by atoms with Crippen LogP contribution < -0.4 is 11.3 Å². The molecule has 3 nitrogen and oxygen atoms in total. The lowest BCUT2D eigenvalue weighted by Gasteiger charge is -2.17. The van der Waals surface area contributed by atoms with Crippen molar-refractivity contribution in [3.05, 3.63) is 65.0 Å². The van der Waals surface area contributed by atoms with Crippen LogP contribution in [0.3, 0.4) is 0 Å². The fraction of sp³-hybridized carbons (Fsp3) is 0.267. The highest BCUT2D eigenvalue weighted by molar-refractivity contribution is 5.32. The van der Waals surface area contributed by atoms with Crippen LogP contribution in [0.2, 0.25) is 0 Å². The molecule has 1 unspecified atom stereocenters. The van der Waals surface area contributed by atoms with Crippen molar-refractivity contribution in [2.45, 2.75) is 26.3 Å². The molecule has 1 aromatic heterocycles. The first-order chi connectivity index (χ1) is 8.74. The molecule has 0 spiro atoms. The van der Waals surface area contributed by atoms with Crippen LogP contribution in [0.5, 0.6) is 0 Å². The SMILES string of the molecule is CCc1cccc(C(NN)c2cc(C)ccn2)c1. The van der Waals surface area contributed by atoms with Gasteiger partial charge in [0.1, 0.15) is 0 Å². The third-order valence-corrected chi connectivity index (χ3v) is 3.09. The summed E-state index contributed by atoms with van der Waals surface area (Å²) in [6, 6.07) is 12.4. The van der Waals surface area contributed by atoms with Gasteiger partial charge < -0.3 is 0 Å². The lowest BCUT2D eigenvalue weighted by atomic mass is 10.00. The summed E-state index contributed by atoms with van der Waals surface area (Å²) in [4.78, 5) is 4.40. The van der Waals surface area contributed by atoms with Crippen molar-refractivity contribution in [1.82, 2.24) is 10.4 Å². The first-order valence-electron chi connectivity index (χ1n) is 6.22. The molecule has 18 heavy (non-hydrogen) atoms. The predicted octanol–water partition coefficient (Wildman–Crippen LogP) is 2.51. The molecule has 0 bridgehead atoms. The van der Waals surface area contributed by atoms with Gasteiger partial charge in [0.2, 0.25) is 0 Å². The van der Waals surface area contributed by atoms with E-state index >= 15 is 0 Å². The quantitative estimate of drug-likeness (QED) is 0.639. The molecule has 0 radical (unpaired) electrons. The highest BCUT2D eigenvalue weighted by atomic mass is 15.2. The van der Waals surface area contributed by atoms with Crippen molar-refractivity contribution in [2.75, 3.05) is 0 Å². The van der Waals surface area contributed by atoms with E-state index in [1.165, 1.54) is 11.1 Å². The van der Waals surface area contributed by atoms with E-state index in [4.69, 9.17) is 5.84 Å². The van der Waals surface area contributed by atoms with E-state index in [1.54, 1.807) is 0 Å². The Hall–Kier alpha value is -1.71. The lowest BCUT2D eigenvalue weighted by molar-refractivity contribution is 0.619. The Morgan fingerprint density at radius 3 is 2.78 bits per heavy atom. The van der Waals surface area contributed by atoms with Crippen LogP contribution in [0.15, 0.2) is 42.6 Å². The molecule has 0 fully saturated rings. The van der Waals surface area contributed by atoms with Crippen molar-refractivity contribution >= 4 is 0 Å². The number of aromatic nitrogens is 1. The summed E-state index contributed by atoms with van der Waals surface area (Å²) in [6.07, 6.45) is 2.84. The fourth-order valence-electron chi connectivity index (χ4n) is 2.06. The van der Waals surface area contributed by atoms with E-state index in [1.807, 2.05) is 12.3 Å². The van der Waals surface area contributed by atoms with Gasteiger partial charge in [-0.1, -0.05) is 31.2 Å². The fourth-order valence-corrected chi connectivity index (χ4v) is 2.06. The Labute approximate surface area is 108 Å². The number of hydrogen-bond acceptors (Lipinski definition) is 3. The van der Waals surface area contributed by atoms with E-state index in [0.29, 0.717) is 0 Å². The summed E-state index contributed by atoms with van der Waals surface area (Å²) in [7, 11) is 0. The van der Waals surface area contributed by atoms with Gasteiger partial charge in [0, 0.05) is 6.20 Å². The minimum atomic E-state index is -0.0589. The van der Waals surface area contributed by atoms with Crippen molar-refractivity contribution < 1.29 is 0 Å². The molecule has 94 valence electrons. The van der Waals surface area contributed by atoms with Gasteiger partial charge in [0.05, 0.1) is 11.7 Å². The smallest absolute Gasteiger partial charge is 0.0881 e. The Kier molecular flexibility index (Phi) is 4.07. The minimum absolute atomic E-state index is 0.0589. The highest BCUT2D eigenvalue weighted by Gasteiger charge is 2.13. The Balaban J connectivity index is 2.38. The highest BCUT2D eigenvalue weighted by Crippen LogP contribution is 2.21. The molecule has 0 aliphatic heterocycles. The zero-order chi connectivity index (χ0) is 13.0. The molecule has 2 rings (SSSR count). The van der Waals surface area contributed by atoms with Crippen LogP contribution in [-0.4, -0.2) is 4.98 Å². The summed E-state index contributed by atoms with van der Waals surface area (Å²) >= 11 is 0. The topological polar surface area (TPSA) is 50.9 Å². The first-order valence-corrected chi connectivity index (χ1v) is 6.22. The van der Waals surface area contributed by atoms with Crippen molar-refractivity contribution in [2.24, 2.45) is 5.84 Å². The second kappa shape index (κ2) is 5.76. The van der Waals surface area contributed by atoms with E-state index in [-0.39, 0.29) is 6.04 Å². The molecule has 1 aromatic carbocycles. The number of nitrogens with one attached hydrogen (secondary N) is 1. The van der Waals surface area contributed by atoms with Crippen LogP contribution in [0.25, 0.3) is 0 Å². The predicted molar refractivity (Wildman–Crippen MR) is 74.0 cm³/mol. The van der Waals surface area contributed by atoms with Crippen molar-refractivity contribution in [3.63, 3.8) is 0 Å². The van der Waals surface area contributed by atoms with Crippen LogP contribution in [0, 0.1) is 6.92 Å². The van der Waals surface area contributed by atoms with E-state index in [2.05, 4.69) is 54.6 Å². The molecule has 3 heteroatoms. The standard InChI is InChI=1S/C15H19N3/c1-3-12-5-4-6-13(10-12)15(18-16)14-9-11(2)7-8-17-14/h4-10,15,18H,3,16H2,1-2H3. The summed E-state index contributed by atoms with van der Waals surface area (Å²) in [5.74, 6) is 5.69. The summed E-state index contributed by atoms with van der Waals surface area (Å²) in [5.41, 5.74) is 7.44. The van der Waals surface area contributed by atoms with Gasteiger partial charge in [0.15, 0.2) is 0 Å². The Morgan fingerprint density at radius 2 is 2.11 bits per heavy atom. The molecule has 3 N–H and O–H groups in total. The third kappa shape index (κ3) is 2.75. The molecule has 1 atom stereocenters.